The number of nitrogens with zero attached hydrogens (tertiary/aromatic N) is 4. The minimum atomic E-state index is 0.0983. The van der Waals surface area contributed by atoms with Gasteiger partial charge in [-0.15, -0.1) is 0 Å². The summed E-state index contributed by atoms with van der Waals surface area (Å²) in [5.74, 6) is 2.57. The van der Waals surface area contributed by atoms with E-state index in [4.69, 9.17) is 0 Å². The van der Waals surface area contributed by atoms with Crippen molar-refractivity contribution in [3.8, 4) is 0 Å². The van der Waals surface area contributed by atoms with E-state index in [1.54, 1.807) is 6.20 Å². The average Bonchev–Trinajstić information content (AvgIpc) is 3.64. The molecule has 2 aromatic heterocycles. The number of aromatic amines is 1. The van der Waals surface area contributed by atoms with Gasteiger partial charge in [-0.3, -0.25) is 9.89 Å². The van der Waals surface area contributed by atoms with E-state index in [0.717, 1.165) is 59.8 Å². The Balaban J connectivity index is 1.23. The van der Waals surface area contributed by atoms with Crippen LogP contribution in [0.25, 0.3) is 0 Å². The highest BCUT2D eigenvalue weighted by Crippen LogP contribution is 2.39. The van der Waals surface area contributed by atoms with E-state index in [0.29, 0.717) is 30.5 Å². The summed E-state index contributed by atoms with van der Waals surface area (Å²) >= 11 is 3.50. The molecule has 4 N–H and O–H groups in total. The molecule has 0 bridgehead atoms. The first-order chi connectivity index (χ1) is 17.5. The van der Waals surface area contributed by atoms with Crippen molar-refractivity contribution >= 4 is 45.1 Å². The number of aromatic nitrogens is 4. The van der Waals surface area contributed by atoms with Crippen LogP contribution >= 0.6 is 15.9 Å². The number of aryl methyl sites for hydroxylation is 1. The molecular formula is C26H35BrN8O. The number of amides is 1. The SMILES string of the molecule is CCN(CC)CCCNC(=O)CCc1ccc(Nc2ncc(Br)c(Nc3cc(C4CC4)[nH]n3)n2)cc1. The molecule has 0 radical (unpaired) electrons. The fourth-order valence-corrected chi connectivity index (χ4v) is 4.23. The maximum atomic E-state index is 12.2. The lowest BCUT2D eigenvalue weighted by Crippen LogP contribution is -2.30. The Hall–Kier alpha value is -2.98. The Morgan fingerprint density at radius 1 is 1.17 bits per heavy atom. The van der Waals surface area contributed by atoms with Gasteiger partial charge in [0.1, 0.15) is 0 Å². The Morgan fingerprint density at radius 2 is 1.94 bits per heavy atom. The molecular weight excluding hydrogens is 520 g/mol. The van der Waals surface area contributed by atoms with Crippen molar-refractivity contribution in [2.75, 3.05) is 36.8 Å². The van der Waals surface area contributed by atoms with Crippen molar-refractivity contribution in [3.63, 3.8) is 0 Å². The predicted molar refractivity (Wildman–Crippen MR) is 147 cm³/mol. The maximum Gasteiger partial charge on any atom is 0.229 e. The molecule has 0 unspecified atom stereocenters. The van der Waals surface area contributed by atoms with Crippen LogP contribution in [0.1, 0.15) is 56.7 Å². The second kappa shape index (κ2) is 12.8. The summed E-state index contributed by atoms with van der Waals surface area (Å²) < 4.78 is 0.755. The number of anilines is 4. The van der Waals surface area contributed by atoms with Crippen molar-refractivity contribution in [3.05, 3.63) is 52.3 Å². The van der Waals surface area contributed by atoms with Crippen LogP contribution < -0.4 is 16.0 Å². The van der Waals surface area contributed by atoms with Crippen molar-refractivity contribution in [1.29, 1.82) is 0 Å². The molecule has 1 aromatic carbocycles. The number of hydrogen-bond acceptors (Lipinski definition) is 7. The molecule has 192 valence electrons. The van der Waals surface area contributed by atoms with Crippen LogP contribution in [-0.4, -0.2) is 57.2 Å². The van der Waals surface area contributed by atoms with Crippen molar-refractivity contribution in [1.82, 2.24) is 30.4 Å². The van der Waals surface area contributed by atoms with E-state index < -0.39 is 0 Å². The molecule has 0 aliphatic heterocycles. The number of benzene rings is 1. The monoisotopic (exact) mass is 554 g/mol. The molecule has 0 atom stereocenters. The molecule has 9 nitrogen and oxygen atoms in total. The summed E-state index contributed by atoms with van der Waals surface area (Å²) in [4.78, 5) is 23.5. The highest BCUT2D eigenvalue weighted by molar-refractivity contribution is 9.10. The lowest BCUT2D eigenvalue weighted by Gasteiger charge is -2.17. The van der Waals surface area contributed by atoms with Crippen molar-refractivity contribution in [2.24, 2.45) is 0 Å². The maximum absolute atomic E-state index is 12.2. The Morgan fingerprint density at radius 3 is 2.67 bits per heavy atom. The number of carbonyl (C=O) groups is 1. The molecule has 2 heterocycles. The zero-order valence-corrected chi connectivity index (χ0v) is 22.6. The Kier molecular flexibility index (Phi) is 9.29. The summed E-state index contributed by atoms with van der Waals surface area (Å²) in [5.41, 5.74) is 3.15. The molecule has 3 aromatic rings. The molecule has 0 saturated heterocycles. The fourth-order valence-electron chi connectivity index (χ4n) is 3.94. The quantitative estimate of drug-likeness (QED) is 0.205. The lowest BCUT2D eigenvalue weighted by molar-refractivity contribution is -0.121. The first-order valence-corrected chi connectivity index (χ1v) is 13.5. The van der Waals surface area contributed by atoms with Gasteiger partial charge in [0, 0.05) is 42.5 Å². The molecule has 1 saturated carbocycles. The Labute approximate surface area is 221 Å². The molecule has 1 aliphatic carbocycles. The van der Waals surface area contributed by atoms with E-state index in [9.17, 15) is 4.79 Å². The van der Waals surface area contributed by atoms with E-state index in [2.05, 4.69) is 70.8 Å². The van der Waals surface area contributed by atoms with E-state index in [1.165, 1.54) is 12.8 Å². The number of rotatable bonds is 14. The average molecular weight is 556 g/mol. The van der Waals surface area contributed by atoms with Crippen LogP contribution in [0.3, 0.4) is 0 Å². The van der Waals surface area contributed by atoms with Gasteiger partial charge in [0.25, 0.3) is 0 Å². The van der Waals surface area contributed by atoms with Crippen LogP contribution in [0.2, 0.25) is 0 Å². The zero-order valence-electron chi connectivity index (χ0n) is 21.0. The third-order valence-corrected chi connectivity index (χ3v) is 6.90. The smallest absolute Gasteiger partial charge is 0.229 e. The van der Waals surface area contributed by atoms with Crippen LogP contribution in [0, 0.1) is 0 Å². The van der Waals surface area contributed by atoms with Gasteiger partial charge < -0.3 is 20.9 Å². The number of H-pyrrole nitrogens is 1. The highest BCUT2D eigenvalue weighted by atomic mass is 79.9. The number of carbonyl (C=O) groups excluding carboxylic acids is 1. The van der Waals surface area contributed by atoms with Gasteiger partial charge in [-0.1, -0.05) is 26.0 Å². The van der Waals surface area contributed by atoms with Crippen molar-refractivity contribution < 1.29 is 4.79 Å². The number of halogens is 1. The van der Waals surface area contributed by atoms with Crippen LogP contribution in [-0.2, 0) is 11.2 Å². The van der Waals surface area contributed by atoms with Crippen LogP contribution in [0.15, 0.2) is 41.0 Å². The summed E-state index contributed by atoms with van der Waals surface area (Å²) in [6, 6.07) is 10.0. The predicted octanol–water partition coefficient (Wildman–Crippen LogP) is 5.11. The summed E-state index contributed by atoms with van der Waals surface area (Å²) in [7, 11) is 0. The summed E-state index contributed by atoms with van der Waals surface area (Å²) in [5, 5.41) is 16.9. The van der Waals surface area contributed by atoms with Crippen LogP contribution in [0.4, 0.5) is 23.3 Å². The molecule has 10 heteroatoms. The molecule has 36 heavy (non-hydrogen) atoms. The largest absolute Gasteiger partial charge is 0.356 e. The summed E-state index contributed by atoms with van der Waals surface area (Å²) in [6.07, 6.45) is 6.32. The number of nitrogens with one attached hydrogen (secondary N) is 4. The minimum Gasteiger partial charge on any atom is -0.356 e. The molecule has 1 aliphatic rings. The highest BCUT2D eigenvalue weighted by Gasteiger charge is 2.25. The standard InChI is InChI=1S/C26H35BrN8O/c1-3-35(4-2)15-5-14-28-24(36)13-8-18-6-11-20(12-7-18)30-26-29-17-21(27)25(32-26)31-23-16-22(33-34-23)19-9-10-19/h6-7,11-12,16-17,19H,3-5,8-10,13-15H2,1-2H3,(H,28,36)(H3,29,30,31,32,33,34). The second-order valence-electron chi connectivity index (χ2n) is 9.05. The van der Waals surface area contributed by atoms with Crippen LogP contribution in [0.5, 0.6) is 0 Å². The molecule has 1 amide bonds. The molecule has 4 rings (SSSR count). The first-order valence-electron chi connectivity index (χ1n) is 12.7. The second-order valence-corrected chi connectivity index (χ2v) is 9.90. The van der Waals surface area contributed by atoms with Gasteiger partial charge in [0.2, 0.25) is 11.9 Å². The zero-order chi connectivity index (χ0) is 25.3. The minimum absolute atomic E-state index is 0.0983. The summed E-state index contributed by atoms with van der Waals surface area (Å²) in [6.45, 7) is 8.17. The molecule has 1 fully saturated rings. The van der Waals surface area contributed by atoms with Gasteiger partial charge in [-0.25, -0.2) is 4.98 Å². The topological polar surface area (TPSA) is 111 Å². The van der Waals surface area contributed by atoms with Gasteiger partial charge in [0.05, 0.1) is 4.47 Å². The van der Waals surface area contributed by atoms with E-state index >= 15 is 0 Å². The first kappa shape index (κ1) is 26.1. The normalized spacial score (nSPS) is 13.1. The third kappa shape index (κ3) is 7.76. The van der Waals surface area contributed by atoms with Crippen molar-refractivity contribution in [2.45, 2.75) is 51.9 Å². The van der Waals surface area contributed by atoms with Gasteiger partial charge in [-0.05, 0) is 78.9 Å². The number of hydrogen-bond donors (Lipinski definition) is 4. The third-order valence-electron chi connectivity index (χ3n) is 6.32. The fraction of sp³-hybridized carbons (Fsp3) is 0.462. The Bertz CT molecular complexity index is 1130. The van der Waals surface area contributed by atoms with E-state index in [-0.39, 0.29) is 5.91 Å². The van der Waals surface area contributed by atoms with E-state index in [1.807, 2.05) is 30.3 Å². The molecule has 0 spiro atoms. The van der Waals surface area contributed by atoms with Gasteiger partial charge in [-0.2, -0.15) is 10.1 Å². The van der Waals surface area contributed by atoms with Gasteiger partial charge in [0.15, 0.2) is 11.6 Å². The van der Waals surface area contributed by atoms with Gasteiger partial charge >= 0.3 is 0 Å². The lowest BCUT2D eigenvalue weighted by atomic mass is 10.1.